The number of benzene rings is 2. The number of methoxy groups -OCH3 is 3. The lowest BCUT2D eigenvalue weighted by molar-refractivity contribution is -0.123. The molecule has 0 atom stereocenters. The molecular weight excluding hydrogens is 338 g/mol. The van der Waals surface area contributed by atoms with Crippen LogP contribution in [0, 0.1) is 0 Å². The van der Waals surface area contributed by atoms with Crippen molar-refractivity contribution in [2.75, 3.05) is 41.1 Å². The van der Waals surface area contributed by atoms with Gasteiger partial charge in [-0.15, -0.1) is 0 Å². The van der Waals surface area contributed by atoms with E-state index in [2.05, 4.69) is 5.32 Å². The fourth-order valence-electron chi connectivity index (χ4n) is 2.26. The highest BCUT2D eigenvalue weighted by atomic mass is 16.5. The van der Waals surface area contributed by atoms with Gasteiger partial charge in [0.2, 0.25) is 5.75 Å². The smallest absolute Gasteiger partial charge is 0.258 e. The summed E-state index contributed by atoms with van der Waals surface area (Å²) >= 11 is 0. The Morgan fingerprint density at radius 2 is 1.46 bits per heavy atom. The van der Waals surface area contributed by atoms with E-state index in [1.54, 1.807) is 51.7 Å². The van der Waals surface area contributed by atoms with E-state index in [1.807, 2.05) is 12.1 Å². The van der Waals surface area contributed by atoms with Gasteiger partial charge in [0.1, 0.15) is 6.61 Å². The molecule has 0 aliphatic carbocycles. The summed E-state index contributed by atoms with van der Waals surface area (Å²) in [5.41, 5.74) is 0. The normalized spacial score (nSPS) is 9.96. The van der Waals surface area contributed by atoms with Gasteiger partial charge in [-0.25, -0.2) is 0 Å². The molecule has 0 bridgehead atoms. The third kappa shape index (κ3) is 5.20. The fraction of sp³-hybridized carbons (Fsp3) is 0.316. The van der Waals surface area contributed by atoms with Crippen LogP contribution < -0.4 is 29.0 Å². The molecule has 7 heteroatoms. The maximum atomic E-state index is 11.9. The maximum Gasteiger partial charge on any atom is 0.258 e. The molecule has 0 fully saturated rings. The fourth-order valence-corrected chi connectivity index (χ4v) is 2.26. The van der Waals surface area contributed by atoms with Gasteiger partial charge in [-0.1, -0.05) is 18.2 Å². The largest absolute Gasteiger partial charge is 0.493 e. The van der Waals surface area contributed by atoms with Gasteiger partial charge in [-0.05, 0) is 24.3 Å². The molecule has 0 aromatic heterocycles. The third-order valence-corrected chi connectivity index (χ3v) is 3.48. The van der Waals surface area contributed by atoms with Gasteiger partial charge in [0.15, 0.2) is 29.6 Å². The second kappa shape index (κ2) is 10.0. The van der Waals surface area contributed by atoms with Crippen molar-refractivity contribution in [1.82, 2.24) is 5.32 Å². The minimum absolute atomic E-state index is 0.108. The lowest BCUT2D eigenvalue weighted by Gasteiger charge is -2.14. The number of hydrogen-bond acceptors (Lipinski definition) is 6. The van der Waals surface area contributed by atoms with E-state index in [0.29, 0.717) is 35.3 Å². The summed E-state index contributed by atoms with van der Waals surface area (Å²) < 4.78 is 26.8. The Hall–Kier alpha value is -3.09. The molecule has 2 rings (SSSR count). The second-order valence-corrected chi connectivity index (χ2v) is 5.13. The van der Waals surface area contributed by atoms with Crippen LogP contribution in [0.4, 0.5) is 0 Å². The quantitative estimate of drug-likeness (QED) is 0.655. The first-order chi connectivity index (χ1) is 12.7. The number of para-hydroxylation sites is 3. The molecule has 7 nitrogen and oxygen atoms in total. The van der Waals surface area contributed by atoms with Crippen LogP contribution in [0.5, 0.6) is 28.7 Å². The second-order valence-electron chi connectivity index (χ2n) is 5.13. The van der Waals surface area contributed by atoms with Crippen LogP contribution in [0.15, 0.2) is 42.5 Å². The number of ether oxygens (including phenoxy) is 5. The molecule has 0 aliphatic rings. The molecule has 2 aromatic rings. The molecule has 2 aromatic carbocycles. The summed E-state index contributed by atoms with van der Waals surface area (Å²) in [5, 5.41) is 2.72. The third-order valence-electron chi connectivity index (χ3n) is 3.48. The number of hydrogen-bond donors (Lipinski definition) is 1. The van der Waals surface area contributed by atoms with Gasteiger partial charge >= 0.3 is 0 Å². The summed E-state index contributed by atoms with van der Waals surface area (Å²) in [4.78, 5) is 11.9. The molecule has 140 valence electrons. The molecule has 0 saturated carbocycles. The van der Waals surface area contributed by atoms with Crippen molar-refractivity contribution < 1.29 is 28.5 Å². The molecule has 26 heavy (non-hydrogen) atoms. The maximum absolute atomic E-state index is 11.9. The van der Waals surface area contributed by atoms with Crippen LogP contribution >= 0.6 is 0 Å². The van der Waals surface area contributed by atoms with Crippen LogP contribution in [0.1, 0.15) is 0 Å². The average molecular weight is 361 g/mol. The summed E-state index contributed by atoms with van der Waals surface area (Å²) in [5.74, 6) is 2.49. The van der Waals surface area contributed by atoms with Gasteiger partial charge in [0, 0.05) is 0 Å². The van der Waals surface area contributed by atoms with Gasteiger partial charge in [0.05, 0.1) is 27.9 Å². The van der Waals surface area contributed by atoms with Crippen molar-refractivity contribution in [1.29, 1.82) is 0 Å². The Morgan fingerprint density at radius 1 is 0.808 bits per heavy atom. The minimum Gasteiger partial charge on any atom is -0.493 e. The van der Waals surface area contributed by atoms with E-state index in [-0.39, 0.29) is 19.1 Å². The van der Waals surface area contributed by atoms with Gasteiger partial charge in [-0.2, -0.15) is 0 Å². The number of amides is 1. The Kier molecular flexibility index (Phi) is 7.42. The Balaban J connectivity index is 1.75. The van der Waals surface area contributed by atoms with Crippen LogP contribution in [-0.2, 0) is 4.79 Å². The first kappa shape index (κ1) is 19.2. The number of carbonyl (C=O) groups is 1. The highest BCUT2D eigenvalue weighted by molar-refractivity contribution is 5.77. The zero-order chi connectivity index (χ0) is 18.8. The Labute approximate surface area is 152 Å². The predicted molar refractivity (Wildman–Crippen MR) is 96.5 cm³/mol. The lowest BCUT2D eigenvalue weighted by atomic mass is 10.3. The summed E-state index contributed by atoms with van der Waals surface area (Å²) in [6.07, 6.45) is 0. The lowest BCUT2D eigenvalue weighted by Crippen LogP contribution is -2.32. The van der Waals surface area contributed by atoms with E-state index < -0.39 is 0 Å². The molecule has 0 heterocycles. The van der Waals surface area contributed by atoms with E-state index in [1.165, 1.54) is 0 Å². The molecule has 0 radical (unpaired) electrons. The molecule has 0 unspecified atom stereocenters. The molecule has 0 aliphatic heterocycles. The highest BCUT2D eigenvalue weighted by Crippen LogP contribution is 2.36. The monoisotopic (exact) mass is 361 g/mol. The first-order valence-corrected chi connectivity index (χ1v) is 8.06. The SMILES string of the molecule is COc1ccccc1OCC(=O)NCCOc1cccc(OC)c1OC. The summed E-state index contributed by atoms with van der Waals surface area (Å²) in [7, 11) is 4.65. The molecule has 0 spiro atoms. The van der Waals surface area contributed by atoms with E-state index in [9.17, 15) is 4.79 Å². The van der Waals surface area contributed by atoms with Crippen LogP contribution in [0.3, 0.4) is 0 Å². The summed E-state index contributed by atoms with van der Waals surface area (Å²) in [6, 6.07) is 12.5. The van der Waals surface area contributed by atoms with E-state index in [0.717, 1.165) is 0 Å². The first-order valence-electron chi connectivity index (χ1n) is 8.06. The summed E-state index contributed by atoms with van der Waals surface area (Å²) in [6.45, 7) is 0.501. The molecule has 0 saturated heterocycles. The average Bonchev–Trinajstić information content (AvgIpc) is 2.69. The highest BCUT2D eigenvalue weighted by Gasteiger charge is 2.11. The molecule has 1 N–H and O–H groups in total. The van der Waals surface area contributed by atoms with Gasteiger partial charge in [0.25, 0.3) is 5.91 Å². The molecule has 1 amide bonds. The van der Waals surface area contributed by atoms with Gasteiger partial charge < -0.3 is 29.0 Å². The Bertz CT molecular complexity index is 719. The van der Waals surface area contributed by atoms with E-state index >= 15 is 0 Å². The number of rotatable bonds is 10. The predicted octanol–water partition coefficient (Wildman–Crippen LogP) is 2.29. The standard InChI is InChI=1S/C19H23NO6/c1-22-14-7-4-5-8-15(14)26-13-18(21)20-11-12-25-17-10-6-9-16(23-2)19(17)24-3/h4-10H,11-13H2,1-3H3,(H,20,21). The molecular formula is C19H23NO6. The zero-order valence-electron chi connectivity index (χ0n) is 15.1. The topological polar surface area (TPSA) is 75.3 Å². The number of carbonyl (C=O) groups excluding carboxylic acids is 1. The van der Waals surface area contributed by atoms with Crippen LogP contribution in [0.2, 0.25) is 0 Å². The van der Waals surface area contributed by atoms with Crippen molar-refractivity contribution in [2.45, 2.75) is 0 Å². The van der Waals surface area contributed by atoms with Crippen molar-refractivity contribution in [3.8, 4) is 28.7 Å². The minimum atomic E-state index is -0.253. The van der Waals surface area contributed by atoms with Crippen LogP contribution in [-0.4, -0.2) is 47.0 Å². The van der Waals surface area contributed by atoms with Crippen molar-refractivity contribution in [2.24, 2.45) is 0 Å². The Morgan fingerprint density at radius 3 is 2.15 bits per heavy atom. The van der Waals surface area contributed by atoms with Crippen LogP contribution in [0.25, 0.3) is 0 Å². The van der Waals surface area contributed by atoms with Gasteiger partial charge in [-0.3, -0.25) is 4.79 Å². The van der Waals surface area contributed by atoms with Crippen molar-refractivity contribution in [3.05, 3.63) is 42.5 Å². The zero-order valence-corrected chi connectivity index (χ0v) is 15.1. The van der Waals surface area contributed by atoms with Crippen molar-refractivity contribution in [3.63, 3.8) is 0 Å². The van der Waals surface area contributed by atoms with E-state index in [4.69, 9.17) is 23.7 Å². The van der Waals surface area contributed by atoms with Crippen molar-refractivity contribution >= 4 is 5.91 Å². The number of nitrogens with one attached hydrogen (secondary N) is 1.